The molecule has 0 unspecified atom stereocenters. The summed E-state index contributed by atoms with van der Waals surface area (Å²) in [5.74, 6) is 1.47. The van der Waals surface area contributed by atoms with Gasteiger partial charge >= 0.3 is 0 Å². The fourth-order valence-electron chi connectivity index (χ4n) is 2.79. The molecular weight excluding hydrogens is 252 g/mol. The van der Waals surface area contributed by atoms with Gasteiger partial charge in [0.2, 0.25) is 5.65 Å². The van der Waals surface area contributed by atoms with Crippen LogP contribution in [-0.2, 0) is 6.54 Å². The van der Waals surface area contributed by atoms with Crippen molar-refractivity contribution < 1.29 is 0 Å². The smallest absolute Gasteiger partial charge is 0.296 e. The van der Waals surface area contributed by atoms with E-state index in [0.717, 1.165) is 43.0 Å². The molecule has 0 radical (unpaired) electrons. The van der Waals surface area contributed by atoms with Gasteiger partial charge in [-0.2, -0.15) is 0 Å². The van der Waals surface area contributed by atoms with Gasteiger partial charge in [-0.3, -0.25) is 9.20 Å². The molecular formula is C15H22N4O. The first-order valence-electron chi connectivity index (χ1n) is 7.60. The highest BCUT2D eigenvalue weighted by molar-refractivity contribution is 5.40. The molecule has 0 saturated heterocycles. The number of aryl methyl sites for hydroxylation is 1. The second-order valence-electron chi connectivity index (χ2n) is 5.83. The highest BCUT2D eigenvalue weighted by Crippen LogP contribution is 2.39. The third kappa shape index (κ3) is 2.05. The van der Waals surface area contributed by atoms with Crippen molar-refractivity contribution in [2.45, 2.75) is 65.3 Å². The fourth-order valence-corrected chi connectivity index (χ4v) is 2.79. The number of nitrogens with zero attached hydrogens (tertiary/aromatic N) is 4. The highest BCUT2D eigenvalue weighted by Gasteiger charge is 2.30. The molecule has 1 aliphatic carbocycles. The van der Waals surface area contributed by atoms with Gasteiger partial charge in [0.1, 0.15) is 5.82 Å². The number of aromatic nitrogens is 4. The van der Waals surface area contributed by atoms with Crippen LogP contribution in [0.2, 0.25) is 0 Å². The quantitative estimate of drug-likeness (QED) is 0.787. The molecule has 5 nitrogen and oxygen atoms in total. The largest absolute Gasteiger partial charge is 0.308 e. The van der Waals surface area contributed by atoms with Crippen molar-refractivity contribution in [3.05, 3.63) is 27.6 Å². The van der Waals surface area contributed by atoms with Crippen molar-refractivity contribution in [3.8, 4) is 0 Å². The number of hydrogen-bond donors (Lipinski definition) is 0. The van der Waals surface area contributed by atoms with Crippen LogP contribution in [0.25, 0.3) is 5.65 Å². The summed E-state index contributed by atoms with van der Waals surface area (Å²) in [7, 11) is 0. The second-order valence-corrected chi connectivity index (χ2v) is 5.83. The molecule has 1 saturated carbocycles. The minimum absolute atomic E-state index is 0.00334. The Bertz CT molecular complexity index is 694. The van der Waals surface area contributed by atoms with E-state index in [2.05, 4.69) is 24.0 Å². The van der Waals surface area contributed by atoms with E-state index in [1.165, 1.54) is 12.8 Å². The Hall–Kier alpha value is -1.65. The van der Waals surface area contributed by atoms with E-state index in [-0.39, 0.29) is 5.56 Å². The molecule has 0 spiro atoms. The first kappa shape index (κ1) is 13.3. The summed E-state index contributed by atoms with van der Waals surface area (Å²) < 4.78 is 3.84. The zero-order chi connectivity index (χ0) is 14.3. The lowest BCUT2D eigenvalue weighted by molar-refractivity contribution is 0.570. The van der Waals surface area contributed by atoms with E-state index in [9.17, 15) is 4.79 Å². The molecule has 3 rings (SSSR count). The minimum atomic E-state index is 0.00334. The summed E-state index contributed by atoms with van der Waals surface area (Å²) >= 11 is 0. The molecule has 2 heterocycles. The Morgan fingerprint density at radius 3 is 2.55 bits per heavy atom. The van der Waals surface area contributed by atoms with Crippen molar-refractivity contribution in [1.29, 1.82) is 0 Å². The number of fused-ring (bicyclic) bond motifs is 1. The van der Waals surface area contributed by atoms with Crippen LogP contribution in [0.15, 0.2) is 4.79 Å². The summed E-state index contributed by atoms with van der Waals surface area (Å²) in [5, 5.41) is 8.41. The first-order valence-corrected chi connectivity index (χ1v) is 7.60. The van der Waals surface area contributed by atoms with Gasteiger partial charge in [0.25, 0.3) is 5.56 Å². The van der Waals surface area contributed by atoms with Gasteiger partial charge in [-0.25, -0.2) is 0 Å². The van der Waals surface area contributed by atoms with Crippen LogP contribution in [0.4, 0.5) is 0 Å². The maximum atomic E-state index is 12.6. The Balaban J connectivity index is 2.11. The maximum absolute atomic E-state index is 12.6. The summed E-state index contributed by atoms with van der Waals surface area (Å²) in [6, 6.07) is 0. The molecule has 0 atom stereocenters. The molecule has 0 aliphatic heterocycles. The molecule has 0 amide bonds. The van der Waals surface area contributed by atoms with Crippen LogP contribution in [0, 0.1) is 13.8 Å². The van der Waals surface area contributed by atoms with Crippen LogP contribution >= 0.6 is 0 Å². The zero-order valence-electron chi connectivity index (χ0n) is 12.5. The van der Waals surface area contributed by atoms with Crippen molar-refractivity contribution in [3.63, 3.8) is 0 Å². The van der Waals surface area contributed by atoms with Crippen LogP contribution in [0.3, 0.4) is 0 Å². The van der Waals surface area contributed by atoms with Gasteiger partial charge in [0.05, 0.1) is 0 Å². The van der Waals surface area contributed by atoms with Crippen molar-refractivity contribution >= 4 is 5.65 Å². The average Bonchev–Trinajstić information content (AvgIpc) is 3.19. The zero-order valence-corrected chi connectivity index (χ0v) is 12.5. The van der Waals surface area contributed by atoms with Gasteiger partial charge in [0.15, 0.2) is 0 Å². The molecule has 108 valence electrons. The minimum Gasteiger partial charge on any atom is -0.308 e. The lowest BCUT2D eigenvalue weighted by Gasteiger charge is -2.14. The first-order chi connectivity index (χ1) is 9.65. The predicted molar refractivity (Wildman–Crippen MR) is 78.2 cm³/mol. The van der Waals surface area contributed by atoms with Crippen molar-refractivity contribution in [1.82, 2.24) is 19.2 Å². The Kier molecular flexibility index (Phi) is 3.36. The summed E-state index contributed by atoms with van der Waals surface area (Å²) in [6.45, 7) is 7.04. The molecule has 2 aromatic rings. The summed E-state index contributed by atoms with van der Waals surface area (Å²) in [6.07, 6.45) is 5.68. The van der Waals surface area contributed by atoms with E-state index in [1.54, 1.807) is 0 Å². The van der Waals surface area contributed by atoms with Gasteiger partial charge in [-0.1, -0.05) is 19.8 Å². The summed E-state index contributed by atoms with van der Waals surface area (Å²) in [4.78, 5) is 12.6. The fraction of sp³-hybridized carbons (Fsp3) is 0.667. The third-order valence-electron chi connectivity index (χ3n) is 4.32. The van der Waals surface area contributed by atoms with E-state index in [1.807, 2.05) is 15.9 Å². The van der Waals surface area contributed by atoms with Crippen molar-refractivity contribution in [2.75, 3.05) is 0 Å². The second kappa shape index (κ2) is 5.04. The standard InChI is InChI=1S/C15H22N4O/c1-4-5-6-9-18-10(2)11(3)19-13(12-7-8-12)16-17-14(19)15(18)20/h12H,4-9H2,1-3H3. The Labute approximate surface area is 118 Å². The van der Waals surface area contributed by atoms with Gasteiger partial charge in [-0.15, -0.1) is 10.2 Å². The Morgan fingerprint density at radius 2 is 1.90 bits per heavy atom. The number of rotatable bonds is 5. The molecule has 20 heavy (non-hydrogen) atoms. The molecule has 0 aromatic carbocycles. The molecule has 5 heteroatoms. The van der Waals surface area contributed by atoms with Crippen LogP contribution in [-0.4, -0.2) is 19.2 Å². The van der Waals surface area contributed by atoms with Crippen LogP contribution in [0.1, 0.15) is 62.2 Å². The van der Waals surface area contributed by atoms with Crippen molar-refractivity contribution in [2.24, 2.45) is 0 Å². The molecule has 0 N–H and O–H groups in total. The SMILES string of the molecule is CCCCCn1c(C)c(C)n2c(C3CC3)nnc2c1=O. The normalized spacial score (nSPS) is 15.2. The van der Waals surface area contributed by atoms with Gasteiger partial charge in [0, 0.05) is 23.9 Å². The van der Waals surface area contributed by atoms with Crippen LogP contribution < -0.4 is 5.56 Å². The van der Waals surface area contributed by atoms with Gasteiger partial charge in [-0.05, 0) is 33.1 Å². The average molecular weight is 274 g/mol. The van der Waals surface area contributed by atoms with E-state index >= 15 is 0 Å². The van der Waals surface area contributed by atoms with Crippen LogP contribution in [0.5, 0.6) is 0 Å². The predicted octanol–water partition coefficient (Wildman–Crippen LogP) is 2.58. The summed E-state index contributed by atoms with van der Waals surface area (Å²) in [5.41, 5.74) is 2.64. The number of unbranched alkanes of at least 4 members (excludes halogenated alkanes) is 2. The van der Waals surface area contributed by atoms with E-state index in [4.69, 9.17) is 0 Å². The third-order valence-corrected chi connectivity index (χ3v) is 4.32. The lowest BCUT2D eigenvalue weighted by atomic mass is 10.2. The van der Waals surface area contributed by atoms with E-state index in [0.29, 0.717) is 11.6 Å². The molecule has 1 fully saturated rings. The monoisotopic (exact) mass is 274 g/mol. The Morgan fingerprint density at radius 1 is 1.15 bits per heavy atom. The molecule has 0 bridgehead atoms. The molecule has 2 aromatic heterocycles. The number of hydrogen-bond acceptors (Lipinski definition) is 3. The highest BCUT2D eigenvalue weighted by atomic mass is 16.1. The lowest BCUT2D eigenvalue weighted by Crippen LogP contribution is -2.27. The van der Waals surface area contributed by atoms with Gasteiger partial charge < -0.3 is 4.57 Å². The maximum Gasteiger partial charge on any atom is 0.296 e. The molecule has 1 aliphatic rings. The van der Waals surface area contributed by atoms with E-state index < -0.39 is 0 Å². The topological polar surface area (TPSA) is 52.2 Å².